The molecule has 2 N–H and O–H groups in total. The second-order valence-corrected chi connectivity index (χ2v) is 8.76. The van der Waals surface area contributed by atoms with Crippen molar-refractivity contribution in [1.29, 1.82) is 0 Å². The van der Waals surface area contributed by atoms with Crippen LogP contribution in [0.25, 0.3) is 0 Å². The van der Waals surface area contributed by atoms with E-state index in [1.807, 2.05) is 0 Å². The predicted molar refractivity (Wildman–Crippen MR) is 84.1 cm³/mol. The van der Waals surface area contributed by atoms with E-state index >= 15 is 0 Å². The predicted octanol–water partition coefficient (Wildman–Crippen LogP) is 1.44. The third kappa shape index (κ3) is 3.65. The number of halogens is 1. The van der Waals surface area contributed by atoms with Crippen LogP contribution in [0.3, 0.4) is 0 Å². The van der Waals surface area contributed by atoms with Gasteiger partial charge in [-0.3, -0.25) is 0 Å². The van der Waals surface area contributed by atoms with E-state index in [9.17, 15) is 8.42 Å². The summed E-state index contributed by atoms with van der Waals surface area (Å²) in [6, 6.07) is 0.0826. The zero-order chi connectivity index (χ0) is 14.3. The zero-order valence-electron chi connectivity index (χ0n) is 12.7. The van der Waals surface area contributed by atoms with Crippen molar-refractivity contribution in [2.45, 2.75) is 46.1 Å². The molecule has 0 aromatic heterocycles. The molecule has 0 aliphatic carbocycles. The molecule has 2 aliphatic heterocycles. The summed E-state index contributed by atoms with van der Waals surface area (Å²) in [5, 5.41) is 0. The molecule has 2 rings (SSSR count). The van der Waals surface area contributed by atoms with E-state index in [1.54, 1.807) is 8.61 Å². The Morgan fingerprint density at radius 3 is 2.35 bits per heavy atom. The topological polar surface area (TPSA) is 66.6 Å². The van der Waals surface area contributed by atoms with Gasteiger partial charge in [0.2, 0.25) is 0 Å². The van der Waals surface area contributed by atoms with Crippen LogP contribution >= 0.6 is 12.4 Å². The second-order valence-electron chi connectivity index (χ2n) is 6.83. The number of nitrogens with zero attached hydrogens (tertiary/aromatic N) is 2. The molecular formula is C13H28ClN3O2S. The van der Waals surface area contributed by atoms with Crippen LogP contribution in [0.15, 0.2) is 0 Å². The first-order valence-corrected chi connectivity index (χ1v) is 8.64. The van der Waals surface area contributed by atoms with Gasteiger partial charge in [0.1, 0.15) is 0 Å². The van der Waals surface area contributed by atoms with E-state index < -0.39 is 10.2 Å². The maximum absolute atomic E-state index is 12.7. The number of piperidine rings is 2. The van der Waals surface area contributed by atoms with E-state index in [0.717, 1.165) is 19.3 Å². The van der Waals surface area contributed by atoms with E-state index in [-0.39, 0.29) is 23.9 Å². The maximum Gasteiger partial charge on any atom is 0.282 e. The molecule has 0 bridgehead atoms. The molecule has 120 valence electrons. The molecule has 20 heavy (non-hydrogen) atoms. The average Bonchev–Trinajstić information content (AvgIpc) is 2.32. The van der Waals surface area contributed by atoms with Gasteiger partial charge in [-0.25, -0.2) is 0 Å². The first-order chi connectivity index (χ1) is 8.73. The van der Waals surface area contributed by atoms with E-state index in [2.05, 4.69) is 20.8 Å². The lowest BCUT2D eigenvalue weighted by atomic mass is 9.81. The highest BCUT2D eigenvalue weighted by molar-refractivity contribution is 7.86. The lowest BCUT2D eigenvalue weighted by Gasteiger charge is -2.44. The fraction of sp³-hybridized carbons (Fsp3) is 1.00. The third-order valence-electron chi connectivity index (χ3n) is 4.55. The van der Waals surface area contributed by atoms with E-state index in [1.165, 1.54) is 0 Å². The van der Waals surface area contributed by atoms with Crippen molar-refractivity contribution in [3.8, 4) is 0 Å². The molecule has 2 atom stereocenters. The Balaban J connectivity index is 0.00000200. The highest BCUT2D eigenvalue weighted by Crippen LogP contribution is 2.31. The largest absolute Gasteiger partial charge is 0.327 e. The number of hydrogen-bond acceptors (Lipinski definition) is 3. The SMILES string of the molecule is CC1CCCN(S(=O)(=O)N2CCC(N)C(C)(C)C2)C1.Cl. The fourth-order valence-corrected chi connectivity index (χ4v) is 5.00. The number of rotatable bonds is 2. The Morgan fingerprint density at radius 2 is 1.80 bits per heavy atom. The first kappa shape index (κ1) is 18.2. The Labute approximate surface area is 129 Å². The summed E-state index contributed by atoms with van der Waals surface area (Å²) in [5.74, 6) is 0.462. The summed E-state index contributed by atoms with van der Waals surface area (Å²) in [6.07, 6.45) is 2.84. The lowest BCUT2D eigenvalue weighted by molar-refractivity contribution is 0.144. The van der Waals surface area contributed by atoms with Crippen molar-refractivity contribution >= 4 is 22.6 Å². The molecule has 5 nitrogen and oxygen atoms in total. The summed E-state index contributed by atoms with van der Waals surface area (Å²) in [4.78, 5) is 0. The molecule has 0 radical (unpaired) electrons. The molecule has 0 spiro atoms. The number of nitrogens with two attached hydrogens (primary N) is 1. The molecular weight excluding hydrogens is 298 g/mol. The molecule has 0 aromatic carbocycles. The normalized spacial score (nSPS) is 32.6. The molecule has 2 aliphatic rings. The van der Waals surface area contributed by atoms with Crippen molar-refractivity contribution in [3.05, 3.63) is 0 Å². The van der Waals surface area contributed by atoms with E-state index in [4.69, 9.17) is 5.73 Å². The van der Waals surface area contributed by atoms with Crippen molar-refractivity contribution in [2.24, 2.45) is 17.1 Å². The van der Waals surface area contributed by atoms with Crippen LogP contribution in [-0.4, -0.2) is 49.2 Å². The highest BCUT2D eigenvalue weighted by Gasteiger charge is 2.41. The van der Waals surface area contributed by atoms with Crippen molar-refractivity contribution in [3.63, 3.8) is 0 Å². The van der Waals surface area contributed by atoms with Crippen LogP contribution < -0.4 is 5.73 Å². The number of hydrogen-bond donors (Lipinski definition) is 1. The van der Waals surface area contributed by atoms with E-state index in [0.29, 0.717) is 32.1 Å². The van der Waals surface area contributed by atoms with Gasteiger partial charge < -0.3 is 5.73 Å². The highest BCUT2D eigenvalue weighted by atomic mass is 35.5. The Bertz CT molecular complexity index is 427. The molecule has 2 saturated heterocycles. The van der Waals surface area contributed by atoms with Crippen LogP contribution in [0, 0.1) is 11.3 Å². The molecule has 2 fully saturated rings. The second kappa shape index (κ2) is 6.48. The van der Waals surface area contributed by atoms with Gasteiger partial charge in [0.05, 0.1) is 0 Å². The minimum Gasteiger partial charge on any atom is -0.327 e. The van der Waals surface area contributed by atoms with Crippen molar-refractivity contribution in [2.75, 3.05) is 26.2 Å². The molecule has 2 heterocycles. The van der Waals surface area contributed by atoms with Crippen LogP contribution in [-0.2, 0) is 10.2 Å². The third-order valence-corrected chi connectivity index (χ3v) is 6.50. The van der Waals surface area contributed by atoms with Crippen LogP contribution in [0.4, 0.5) is 0 Å². The van der Waals surface area contributed by atoms with Gasteiger partial charge in [-0.15, -0.1) is 12.4 Å². The van der Waals surface area contributed by atoms with Crippen molar-refractivity contribution < 1.29 is 8.42 Å². The Kier molecular flexibility index (Phi) is 5.89. The maximum atomic E-state index is 12.7. The molecule has 7 heteroatoms. The van der Waals surface area contributed by atoms with Gasteiger partial charge in [-0.1, -0.05) is 20.8 Å². The molecule has 2 unspecified atom stereocenters. The van der Waals surface area contributed by atoms with Gasteiger partial charge in [0, 0.05) is 32.2 Å². The quantitative estimate of drug-likeness (QED) is 0.835. The summed E-state index contributed by atoms with van der Waals surface area (Å²) in [7, 11) is -3.30. The Hall–Kier alpha value is 0.120. The van der Waals surface area contributed by atoms with Crippen LogP contribution in [0.5, 0.6) is 0 Å². The first-order valence-electron chi connectivity index (χ1n) is 7.24. The summed E-state index contributed by atoms with van der Waals surface area (Å²) in [5.41, 5.74) is 5.94. The van der Waals surface area contributed by atoms with Crippen LogP contribution in [0.1, 0.15) is 40.0 Å². The summed E-state index contributed by atoms with van der Waals surface area (Å²) < 4.78 is 28.7. The monoisotopic (exact) mass is 325 g/mol. The average molecular weight is 326 g/mol. The van der Waals surface area contributed by atoms with Gasteiger partial charge >= 0.3 is 0 Å². The fourth-order valence-electron chi connectivity index (χ4n) is 3.04. The molecule has 0 aromatic rings. The lowest BCUT2D eigenvalue weighted by Crippen LogP contribution is -2.57. The minimum atomic E-state index is -3.30. The Morgan fingerprint density at radius 1 is 1.15 bits per heavy atom. The molecule has 0 saturated carbocycles. The smallest absolute Gasteiger partial charge is 0.282 e. The summed E-state index contributed by atoms with van der Waals surface area (Å²) >= 11 is 0. The summed E-state index contributed by atoms with van der Waals surface area (Å²) in [6.45, 7) is 8.63. The van der Waals surface area contributed by atoms with Gasteiger partial charge in [-0.2, -0.15) is 17.0 Å². The van der Waals surface area contributed by atoms with Gasteiger partial charge in [0.25, 0.3) is 10.2 Å². The van der Waals surface area contributed by atoms with Crippen molar-refractivity contribution in [1.82, 2.24) is 8.61 Å². The van der Waals surface area contributed by atoms with Gasteiger partial charge in [-0.05, 0) is 30.6 Å². The molecule has 0 amide bonds. The zero-order valence-corrected chi connectivity index (χ0v) is 14.3. The van der Waals surface area contributed by atoms with Gasteiger partial charge in [0.15, 0.2) is 0 Å². The minimum absolute atomic E-state index is 0. The standard InChI is InChI=1S/C13H27N3O2S.ClH/c1-11-5-4-7-15(9-11)19(17,18)16-8-6-12(14)13(2,3)10-16;/h11-12H,4-10,14H2,1-3H3;1H. The van der Waals surface area contributed by atoms with Crippen LogP contribution in [0.2, 0.25) is 0 Å².